The Kier molecular flexibility index (Phi) is 6.11. The van der Waals surface area contributed by atoms with Gasteiger partial charge in [-0.05, 0) is 53.7 Å². The van der Waals surface area contributed by atoms with Crippen LogP contribution in [-0.2, 0) is 14.0 Å². The van der Waals surface area contributed by atoms with Crippen LogP contribution in [0.5, 0.6) is 0 Å². The Balaban J connectivity index is 3.30. The van der Waals surface area contributed by atoms with E-state index in [0.717, 1.165) is 0 Å². The highest BCUT2D eigenvalue weighted by atomic mass is 19.1. The molecule has 20 heavy (non-hydrogen) atoms. The van der Waals surface area contributed by atoms with E-state index in [1.807, 2.05) is 41.5 Å². The van der Waals surface area contributed by atoms with Crippen LogP contribution in [0.15, 0.2) is 18.3 Å². The van der Waals surface area contributed by atoms with Gasteiger partial charge in [-0.15, -0.1) is 0 Å². The second-order valence-electron chi connectivity index (χ2n) is 5.57. The molecule has 114 valence electrons. The standard InChI is InChI=1S/C14H24BFNO3/c1-10(2)18-15(19-11(3)4,20-12(5)6)14-13(16)8-7-9-17-14/h7-12H,1-6H3/q-1. The fourth-order valence-corrected chi connectivity index (χ4v) is 2.02. The van der Waals surface area contributed by atoms with Gasteiger partial charge in [0.05, 0.1) is 0 Å². The van der Waals surface area contributed by atoms with Gasteiger partial charge in [0.1, 0.15) is 5.82 Å². The molecule has 1 rings (SSSR count). The number of halogens is 1. The van der Waals surface area contributed by atoms with Crippen molar-refractivity contribution in [3.05, 3.63) is 24.1 Å². The quantitative estimate of drug-likeness (QED) is 0.722. The summed E-state index contributed by atoms with van der Waals surface area (Å²) in [5.74, 6) is -0.491. The van der Waals surface area contributed by atoms with E-state index in [2.05, 4.69) is 4.98 Å². The van der Waals surface area contributed by atoms with Crippen molar-refractivity contribution < 1.29 is 18.4 Å². The number of pyridine rings is 1. The van der Waals surface area contributed by atoms with Crippen molar-refractivity contribution in [3.63, 3.8) is 0 Å². The Morgan fingerprint density at radius 2 is 1.40 bits per heavy atom. The van der Waals surface area contributed by atoms with Crippen LogP contribution in [-0.4, -0.2) is 30.1 Å². The van der Waals surface area contributed by atoms with E-state index in [-0.39, 0.29) is 23.9 Å². The normalized spacial score (nSPS) is 12.7. The van der Waals surface area contributed by atoms with Gasteiger partial charge < -0.3 is 14.0 Å². The summed E-state index contributed by atoms with van der Waals surface area (Å²) in [7, 11) is 0. The molecule has 0 aliphatic rings. The molecule has 1 heterocycles. The molecule has 0 atom stereocenters. The van der Waals surface area contributed by atoms with E-state index in [1.54, 1.807) is 0 Å². The second kappa shape index (κ2) is 7.15. The third-order valence-electron chi connectivity index (χ3n) is 2.48. The Morgan fingerprint density at radius 3 is 1.75 bits per heavy atom. The van der Waals surface area contributed by atoms with Crippen LogP contribution in [0, 0.1) is 5.82 Å². The zero-order chi connectivity index (χ0) is 15.3. The van der Waals surface area contributed by atoms with Crippen molar-refractivity contribution in [1.82, 2.24) is 4.98 Å². The monoisotopic (exact) mass is 284 g/mol. The van der Waals surface area contributed by atoms with E-state index in [1.165, 1.54) is 18.3 Å². The van der Waals surface area contributed by atoms with Crippen LogP contribution in [0.3, 0.4) is 0 Å². The molecule has 0 unspecified atom stereocenters. The summed E-state index contributed by atoms with van der Waals surface area (Å²) in [6, 6.07) is 2.86. The largest absolute Gasteiger partial charge is 0.538 e. The zero-order valence-corrected chi connectivity index (χ0v) is 13.1. The van der Waals surface area contributed by atoms with Crippen molar-refractivity contribution in [2.45, 2.75) is 59.9 Å². The van der Waals surface area contributed by atoms with E-state index in [0.29, 0.717) is 0 Å². The van der Waals surface area contributed by atoms with Crippen LogP contribution in [0.25, 0.3) is 0 Å². The van der Waals surface area contributed by atoms with Crippen molar-refractivity contribution in [2.24, 2.45) is 0 Å². The van der Waals surface area contributed by atoms with Crippen molar-refractivity contribution >= 4 is 12.3 Å². The lowest BCUT2D eigenvalue weighted by molar-refractivity contribution is 0.0141. The highest BCUT2D eigenvalue weighted by Crippen LogP contribution is 2.18. The molecule has 0 amide bonds. The summed E-state index contributed by atoms with van der Waals surface area (Å²) in [5.41, 5.74) is 0.0728. The second-order valence-corrected chi connectivity index (χ2v) is 5.57. The van der Waals surface area contributed by atoms with Crippen molar-refractivity contribution in [1.29, 1.82) is 0 Å². The number of hydrogen-bond acceptors (Lipinski definition) is 4. The molecule has 1 aromatic heterocycles. The first-order chi connectivity index (χ1) is 9.27. The lowest BCUT2D eigenvalue weighted by Crippen LogP contribution is -2.62. The molecule has 0 fully saturated rings. The molecule has 1 aromatic rings. The minimum atomic E-state index is -2.43. The van der Waals surface area contributed by atoms with Crippen LogP contribution in [0.1, 0.15) is 41.5 Å². The van der Waals surface area contributed by atoms with Crippen LogP contribution in [0.2, 0.25) is 0 Å². The molecule has 0 radical (unpaired) electrons. The van der Waals surface area contributed by atoms with Gasteiger partial charge in [-0.1, -0.05) is 0 Å². The Bertz CT molecular complexity index is 400. The van der Waals surface area contributed by atoms with Gasteiger partial charge in [-0.3, -0.25) is 4.98 Å². The van der Waals surface area contributed by atoms with Crippen LogP contribution >= 0.6 is 0 Å². The van der Waals surface area contributed by atoms with Gasteiger partial charge in [0.15, 0.2) is 0 Å². The summed E-state index contributed by atoms with van der Waals surface area (Å²) >= 11 is 0. The summed E-state index contributed by atoms with van der Waals surface area (Å²) in [6.45, 7) is 8.68. The third kappa shape index (κ3) is 4.54. The molecule has 0 aliphatic carbocycles. The van der Waals surface area contributed by atoms with Gasteiger partial charge in [0.2, 0.25) is 0 Å². The van der Waals surface area contributed by atoms with Crippen LogP contribution < -0.4 is 5.59 Å². The molecule has 0 spiro atoms. The molecule has 0 bridgehead atoms. The first-order valence-electron chi connectivity index (χ1n) is 7.04. The molecule has 0 aliphatic heterocycles. The van der Waals surface area contributed by atoms with Gasteiger partial charge in [0.25, 0.3) is 0 Å². The van der Waals surface area contributed by atoms with Gasteiger partial charge in [0, 0.05) is 30.1 Å². The zero-order valence-electron chi connectivity index (χ0n) is 13.1. The number of aromatic nitrogens is 1. The molecule has 6 heteroatoms. The summed E-state index contributed by atoms with van der Waals surface area (Å²) in [6.07, 6.45) is 0.947. The fraction of sp³-hybridized carbons (Fsp3) is 0.643. The molecule has 0 saturated carbocycles. The summed E-state index contributed by atoms with van der Waals surface area (Å²) in [5, 5.41) is 0. The Morgan fingerprint density at radius 1 is 0.950 bits per heavy atom. The molecular formula is C14H24BFNO3-. The number of rotatable bonds is 7. The Labute approximate surface area is 120 Å². The summed E-state index contributed by atoms with van der Waals surface area (Å²) in [4.78, 5) is 4.09. The predicted molar refractivity (Wildman–Crippen MR) is 78.2 cm³/mol. The lowest BCUT2D eigenvalue weighted by atomic mass is 9.71. The smallest absolute Gasteiger partial charge is 0.431 e. The maximum atomic E-state index is 14.1. The molecule has 0 saturated heterocycles. The van der Waals surface area contributed by atoms with E-state index in [9.17, 15) is 4.39 Å². The topological polar surface area (TPSA) is 40.6 Å². The van der Waals surface area contributed by atoms with Gasteiger partial charge in [-0.25, -0.2) is 4.39 Å². The molecule has 0 N–H and O–H groups in total. The van der Waals surface area contributed by atoms with E-state index in [4.69, 9.17) is 14.0 Å². The third-order valence-corrected chi connectivity index (χ3v) is 2.48. The maximum absolute atomic E-state index is 14.1. The van der Waals surface area contributed by atoms with E-state index >= 15 is 0 Å². The van der Waals surface area contributed by atoms with Crippen LogP contribution in [0.4, 0.5) is 4.39 Å². The van der Waals surface area contributed by atoms with Gasteiger partial charge >= 0.3 is 6.75 Å². The first kappa shape index (κ1) is 17.1. The van der Waals surface area contributed by atoms with Crippen molar-refractivity contribution in [2.75, 3.05) is 0 Å². The molecule has 4 nitrogen and oxygen atoms in total. The van der Waals surface area contributed by atoms with Gasteiger partial charge in [-0.2, -0.15) is 0 Å². The molecule has 0 aromatic carbocycles. The first-order valence-corrected chi connectivity index (χ1v) is 7.04. The maximum Gasteiger partial charge on any atom is 0.431 e. The van der Waals surface area contributed by atoms with Crippen molar-refractivity contribution in [3.8, 4) is 0 Å². The Hall–Kier alpha value is -0.975. The van der Waals surface area contributed by atoms with E-state index < -0.39 is 12.6 Å². The predicted octanol–water partition coefficient (Wildman–Crippen LogP) is 2.64. The summed E-state index contributed by atoms with van der Waals surface area (Å²) < 4.78 is 31.7. The highest BCUT2D eigenvalue weighted by molar-refractivity contribution is 6.74. The lowest BCUT2D eigenvalue weighted by Gasteiger charge is -2.45. The average Bonchev–Trinajstić information content (AvgIpc) is 2.26. The highest BCUT2D eigenvalue weighted by Gasteiger charge is 2.38. The number of hydrogen-bond donors (Lipinski definition) is 0. The molecular weight excluding hydrogens is 260 g/mol. The SMILES string of the molecule is CC(C)O[B-](OC(C)C)(OC(C)C)c1ncccc1F. The fourth-order valence-electron chi connectivity index (χ4n) is 2.02. The minimum absolute atomic E-state index is 0.0728. The average molecular weight is 284 g/mol. The minimum Gasteiger partial charge on any atom is -0.538 e. The number of nitrogens with zero attached hydrogens (tertiary/aromatic N) is 1.